The zero-order chi connectivity index (χ0) is 17.5. The molecule has 0 aliphatic carbocycles. The third-order valence-corrected chi connectivity index (χ3v) is 4.92. The van der Waals surface area contributed by atoms with Crippen LogP contribution in [0.15, 0.2) is 35.5 Å². The Bertz CT molecular complexity index is 680. The number of carbonyl (C=O) groups is 1. The first kappa shape index (κ1) is 17.8. The van der Waals surface area contributed by atoms with Crippen LogP contribution in [-0.4, -0.2) is 69.1 Å². The fourth-order valence-corrected chi connectivity index (χ4v) is 3.32. The van der Waals surface area contributed by atoms with E-state index in [1.165, 1.54) is 17.3 Å². The second-order valence-electron chi connectivity index (χ2n) is 5.89. The number of thioether (sulfide) groups is 1. The summed E-state index contributed by atoms with van der Waals surface area (Å²) in [5.74, 6) is 0.242. The van der Waals surface area contributed by atoms with E-state index in [1.807, 2.05) is 6.07 Å². The second-order valence-corrected chi connectivity index (χ2v) is 6.83. The summed E-state index contributed by atoms with van der Waals surface area (Å²) in [6.07, 6.45) is 0.0166. The molecule has 8 nitrogen and oxygen atoms in total. The zero-order valence-electron chi connectivity index (χ0n) is 14.2. The molecule has 0 radical (unpaired) electrons. The summed E-state index contributed by atoms with van der Waals surface area (Å²) in [6.45, 7) is 3.84. The van der Waals surface area contributed by atoms with Gasteiger partial charge in [0.15, 0.2) is 0 Å². The summed E-state index contributed by atoms with van der Waals surface area (Å²) < 4.78 is 7.31. The lowest BCUT2D eigenvalue weighted by Gasteiger charge is -2.33. The predicted octanol–water partition coefficient (Wildman–Crippen LogP) is 0.319. The van der Waals surface area contributed by atoms with E-state index in [4.69, 9.17) is 4.74 Å². The Morgan fingerprint density at radius 2 is 2.24 bits per heavy atom. The van der Waals surface area contributed by atoms with E-state index in [0.717, 1.165) is 19.6 Å². The quantitative estimate of drug-likeness (QED) is 0.710. The summed E-state index contributed by atoms with van der Waals surface area (Å²) in [5.41, 5.74) is 1.29. The van der Waals surface area contributed by atoms with E-state index >= 15 is 0 Å². The normalized spacial score (nSPS) is 18.2. The minimum absolute atomic E-state index is 0.0166. The van der Waals surface area contributed by atoms with Gasteiger partial charge < -0.3 is 10.1 Å². The van der Waals surface area contributed by atoms with Crippen LogP contribution in [0.25, 0.3) is 0 Å². The van der Waals surface area contributed by atoms with Gasteiger partial charge in [0.1, 0.15) is 0 Å². The van der Waals surface area contributed by atoms with Gasteiger partial charge in [-0.05, 0) is 16.0 Å². The van der Waals surface area contributed by atoms with Crippen molar-refractivity contribution in [3.63, 3.8) is 0 Å². The van der Waals surface area contributed by atoms with Crippen molar-refractivity contribution in [2.24, 2.45) is 7.05 Å². The molecule has 0 bridgehead atoms. The molecule has 9 heteroatoms. The Balaban J connectivity index is 1.39. The fourth-order valence-electron chi connectivity index (χ4n) is 2.64. The number of aryl methyl sites for hydroxylation is 1. The largest absolute Gasteiger partial charge is 0.374 e. The number of tetrazole rings is 1. The maximum Gasteiger partial charge on any atom is 0.230 e. The SMILES string of the molecule is Cn1nnnc1SCC(=O)NCC1CN(Cc2ccccc2)CCO1. The zero-order valence-corrected chi connectivity index (χ0v) is 15.0. The van der Waals surface area contributed by atoms with Crippen molar-refractivity contribution in [2.45, 2.75) is 17.8 Å². The molecule has 1 aromatic carbocycles. The van der Waals surface area contributed by atoms with Crippen LogP contribution in [-0.2, 0) is 23.1 Å². The molecular weight excluding hydrogens is 340 g/mol. The molecule has 1 aliphatic rings. The average molecular weight is 362 g/mol. The number of aromatic nitrogens is 4. The van der Waals surface area contributed by atoms with Gasteiger partial charge in [-0.2, -0.15) is 0 Å². The third-order valence-electron chi connectivity index (χ3n) is 3.91. The molecular formula is C16H22N6O2S. The first-order valence-corrected chi connectivity index (χ1v) is 9.19. The number of ether oxygens (including phenoxy) is 1. The molecule has 1 N–H and O–H groups in total. The third kappa shape index (κ3) is 5.52. The first-order valence-electron chi connectivity index (χ1n) is 8.20. The molecule has 2 heterocycles. The number of benzene rings is 1. The van der Waals surface area contributed by atoms with Crippen LogP contribution >= 0.6 is 11.8 Å². The summed E-state index contributed by atoms with van der Waals surface area (Å²) in [5, 5.41) is 14.7. The van der Waals surface area contributed by atoms with E-state index in [-0.39, 0.29) is 17.8 Å². The van der Waals surface area contributed by atoms with Crippen LogP contribution in [0.2, 0.25) is 0 Å². The topological polar surface area (TPSA) is 85.2 Å². The summed E-state index contributed by atoms with van der Waals surface area (Å²) in [7, 11) is 1.75. The van der Waals surface area contributed by atoms with E-state index in [2.05, 4.69) is 50.0 Å². The number of hydrogen-bond donors (Lipinski definition) is 1. The standard InChI is InChI=1S/C16H22N6O2S/c1-21-16(18-19-20-21)25-12-15(23)17-9-14-11-22(7-8-24-14)10-13-5-3-2-4-6-13/h2-6,14H,7-12H2,1H3,(H,17,23). The molecule has 1 aliphatic heterocycles. The molecule has 1 atom stereocenters. The molecule has 1 fully saturated rings. The van der Waals surface area contributed by atoms with Gasteiger partial charge in [-0.1, -0.05) is 42.1 Å². The Kier molecular flexibility index (Phi) is 6.37. The highest BCUT2D eigenvalue weighted by molar-refractivity contribution is 7.99. The minimum atomic E-state index is -0.0446. The van der Waals surface area contributed by atoms with Crippen molar-refractivity contribution >= 4 is 17.7 Å². The Morgan fingerprint density at radius 3 is 3.00 bits per heavy atom. The van der Waals surface area contributed by atoms with Gasteiger partial charge in [0, 0.05) is 33.2 Å². The van der Waals surface area contributed by atoms with Gasteiger partial charge in [-0.15, -0.1) is 5.10 Å². The van der Waals surface area contributed by atoms with Crippen LogP contribution in [0.1, 0.15) is 5.56 Å². The van der Waals surface area contributed by atoms with Crippen molar-refractivity contribution in [1.29, 1.82) is 0 Å². The van der Waals surface area contributed by atoms with E-state index in [1.54, 1.807) is 11.7 Å². The van der Waals surface area contributed by atoms with Crippen molar-refractivity contribution in [2.75, 3.05) is 32.0 Å². The summed E-state index contributed by atoms with van der Waals surface area (Å²) in [6, 6.07) is 10.4. The van der Waals surface area contributed by atoms with Gasteiger partial charge in [0.05, 0.1) is 18.5 Å². The van der Waals surface area contributed by atoms with Crippen LogP contribution in [0.5, 0.6) is 0 Å². The molecule has 2 aromatic rings. The highest BCUT2D eigenvalue weighted by Crippen LogP contribution is 2.12. The van der Waals surface area contributed by atoms with E-state index in [0.29, 0.717) is 18.3 Å². The molecule has 1 saturated heterocycles. The Hall–Kier alpha value is -1.97. The molecule has 3 rings (SSSR count). The first-order chi connectivity index (χ1) is 12.2. The molecule has 25 heavy (non-hydrogen) atoms. The van der Waals surface area contributed by atoms with Crippen molar-refractivity contribution in [3.05, 3.63) is 35.9 Å². The van der Waals surface area contributed by atoms with E-state index in [9.17, 15) is 4.79 Å². The number of morpholine rings is 1. The van der Waals surface area contributed by atoms with Crippen LogP contribution in [0.4, 0.5) is 0 Å². The monoisotopic (exact) mass is 362 g/mol. The fraction of sp³-hybridized carbons (Fsp3) is 0.500. The molecule has 0 spiro atoms. The highest BCUT2D eigenvalue weighted by Gasteiger charge is 2.21. The second kappa shape index (κ2) is 8.93. The molecule has 134 valence electrons. The molecule has 1 amide bonds. The molecule has 0 saturated carbocycles. The number of nitrogens with zero attached hydrogens (tertiary/aromatic N) is 5. The number of carbonyl (C=O) groups excluding carboxylic acids is 1. The van der Waals surface area contributed by atoms with Crippen LogP contribution in [0.3, 0.4) is 0 Å². The predicted molar refractivity (Wildman–Crippen MR) is 94.0 cm³/mol. The van der Waals surface area contributed by atoms with Crippen LogP contribution < -0.4 is 5.32 Å². The lowest BCUT2D eigenvalue weighted by atomic mass is 10.2. The summed E-state index contributed by atoms with van der Waals surface area (Å²) in [4.78, 5) is 14.3. The average Bonchev–Trinajstić information content (AvgIpc) is 3.04. The lowest BCUT2D eigenvalue weighted by Crippen LogP contribution is -2.47. The Labute approximate surface area is 150 Å². The maximum absolute atomic E-state index is 12.0. The number of amides is 1. The maximum atomic E-state index is 12.0. The molecule has 1 unspecified atom stereocenters. The van der Waals surface area contributed by atoms with E-state index < -0.39 is 0 Å². The lowest BCUT2D eigenvalue weighted by molar-refractivity contribution is -0.119. The Morgan fingerprint density at radius 1 is 1.40 bits per heavy atom. The van der Waals surface area contributed by atoms with Crippen molar-refractivity contribution in [3.8, 4) is 0 Å². The van der Waals surface area contributed by atoms with Gasteiger partial charge in [-0.3, -0.25) is 9.69 Å². The van der Waals surface area contributed by atoms with Gasteiger partial charge in [0.2, 0.25) is 11.1 Å². The van der Waals surface area contributed by atoms with Gasteiger partial charge >= 0.3 is 0 Å². The van der Waals surface area contributed by atoms with Gasteiger partial charge in [0.25, 0.3) is 0 Å². The number of hydrogen-bond acceptors (Lipinski definition) is 7. The highest BCUT2D eigenvalue weighted by atomic mass is 32.2. The van der Waals surface area contributed by atoms with Crippen LogP contribution in [0, 0.1) is 0 Å². The smallest absolute Gasteiger partial charge is 0.230 e. The van der Waals surface area contributed by atoms with Crippen molar-refractivity contribution < 1.29 is 9.53 Å². The summed E-state index contributed by atoms with van der Waals surface area (Å²) >= 11 is 1.31. The number of rotatable bonds is 7. The molecule has 1 aromatic heterocycles. The van der Waals surface area contributed by atoms with Gasteiger partial charge in [-0.25, -0.2) is 4.68 Å². The number of nitrogens with one attached hydrogen (secondary N) is 1. The van der Waals surface area contributed by atoms with Crippen molar-refractivity contribution in [1.82, 2.24) is 30.4 Å². The minimum Gasteiger partial charge on any atom is -0.374 e.